The van der Waals surface area contributed by atoms with E-state index in [-0.39, 0.29) is 0 Å². The molecule has 8 aromatic carbocycles. The third kappa shape index (κ3) is 5.05. The summed E-state index contributed by atoms with van der Waals surface area (Å²) in [5, 5.41) is 0. The van der Waals surface area contributed by atoms with Crippen molar-refractivity contribution in [2.45, 2.75) is 5.41 Å². The number of hydrogen-bond donors (Lipinski definition) is 0. The average molecular weight is 715 g/mol. The van der Waals surface area contributed by atoms with Crippen molar-refractivity contribution in [2.75, 3.05) is 0 Å². The van der Waals surface area contributed by atoms with Crippen molar-refractivity contribution < 1.29 is 4.74 Å². The Kier molecular flexibility index (Phi) is 7.39. The molecule has 1 aliphatic carbocycles. The van der Waals surface area contributed by atoms with Gasteiger partial charge in [0.05, 0.1) is 16.8 Å². The molecule has 2 aliphatic rings. The van der Waals surface area contributed by atoms with Crippen molar-refractivity contribution in [1.82, 2.24) is 9.97 Å². The summed E-state index contributed by atoms with van der Waals surface area (Å²) in [5.41, 5.74) is 16.2. The van der Waals surface area contributed by atoms with Gasteiger partial charge in [-0.3, -0.25) is 0 Å². The third-order valence-corrected chi connectivity index (χ3v) is 11.4. The lowest BCUT2D eigenvalue weighted by atomic mass is 9.66. The fourth-order valence-corrected chi connectivity index (χ4v) is 8.84. The maximum Gasteiger partial charge on any atom is 0.160 e. The highest BCUT2D eigenvalue weighted by Crippen LogP contribution is 2.62. The number of para-hydroxylation sites is 1. The summed E-state index contributed by atoms with van der Waals surface area (Å²) in [4.78, 5) is 10.4. The van der Waals surface area contributed by atoms with Crippen LogP contribution in [0, 0.1) is 0 Å². The van der Waals surface area contributed by atoms with E-state index in [0.29, 0.717) is 5.82 Å². The number of fused-ring (bicyclic) bond motifs is 9. The first-order valence-corrected chi connectivity index (χ1v) is 19.1. The first kappa shape index (κ1) is 32.1. The summed E-state index contributed by atoms with van der Waals surface area (Å²) >= 11 is 0. The van der Waals surface area contributed by atoms with Gasteiger partial charge in [-0.05, 0) is 80.9 Å². The molecular formula is C53H34N2O. The molecule has 0 bridgehead atoms. The minimum Gasteiger partial charge on any atom is -0.457 e. The lowest BCUT2D eigenvalue weighted by molar-refractivity contribution is 0.436. The molecule has 0 N–H and O–H groups in total. The summed E-state index contributed by atoms with van der Waals surface area (Å²) in [6.07, 6.45) is 0. The van der Waals surface area contributed by atoms with Gasteiger partial charge in [-0.25, -0.2) is 9.97 Å². The zero-order chi connectivity index (χ0) is 37.1. The van der Waals surface area contributed by atoms with Crippen LogP contribution in [0.25, 0.3) is 67.3 Å². The molecule has 11 rings (SSSR count). The highest BCUT2D eigenvalue weighted by molar-refractivity contribution is 5.89. The second-order valence-electron chi connectivity index (χ2n) is 14.5. The Balaban J connectivity index is 1.07. The van der Waals surface area contributed by atoms with E-state index in [1.54, 1.807) is 0 Å². The first-order chi connectivity index (χ1) is 27.7. The second kappa shape index (κ2) is 12.9. The van der Waals surface area contributed by atoms with Crippen LogP contribution >= 0.6 is 0 Å². The van der Waals surface area contributed by atoms with Crippen LogP contribution in [0.2, 0.25) is 0 Å². The van der Waals surface area contributed by atoms with Gasteiger partial charge in [0.2, 0.25) is 0 Å². The minimum absolute atomic E-state index is 0.526. The van der Waals surface area contributed by atoms with Crippen LogP contribution in [0.3, 0.4) is 0 Å². The highest BCUT2D eigenvalue weighted by Gasteiger charge is 2.51. The fraction of sp³-hybridized carbons (Fsp3) is 0.0189. The van der Waals surface area contributed by atoms with Crippen LogP contribution in [-0.4, -0.2) is 9.97 Å². The average Bonchev–Trinajstić information content (AvgIpc) is 3.57. The normalized spacial score (nSPS) is 12.9. The van der Waals surface area contributed by atoms with Gasteiger partial charge >= 0.3 is 0 Å². The zero-order valence-corrected chi connectivity index (χ0v) is 30.4. The number of nitrogens with zero attached hydrogens (tertiary/aromatic N) is 2. The Morgan fingerprint density at radius 1 is 0.304 bits per heavy atom. The molecule has 0 fully saturated rings. The van der Waals surface area contributed by atoms with Crippen molar-refractivity contribution in [3.8, 4) is 78.8 Å². The molecule has 1 aromatic heterocycles. The maximum atomic E-state index is 6.71. The van der Waals surface area contributed by atoms with Crippen LogP contribution in [0.5, 0.6) is 11.5 Å². The molecule has 0 atom stereocenters. The quantitative estimate of drug-likeness (QED) is 0.178. The molecule has 2 heterocycles. The topological polar surface area (TPSA) is 35.0 Å². The van der Waals surface area contributed by atoms with E-state index in [2.05, 4.69) is 194 Å². The largest absolute Gasteiger partial charge is 0.457 e. The molecule has 0 saturated carbocycles. The van der Waals surface area contributed by atoms with Crippen LogP contribution in [-0.2, 0) is 5.41 Å². The van der Waals surface area contributed by atoms with Gasteiger partial charge in [-0.2, -0.15) is 0 Å². The van der Waals surface area contributed by atoms with Crippen molar-refractivity contribution in [3.63, 3.8) is 0 Å². The standard InChI is InChI=1S/C53H34N2O/c1-3-15-35(16-4-1)37-19-13-21-40(31-37)49-34-48(36-17-5-2-6-18-36)54-52(55-49)41-22-14-20-38(32-41)39-29-30-51-47(33-39)53(46-27-11-12-28-50(46)56-51)44-25-9-7-23-42(44)43-24-8-10-26-45(43)53/h1-34H. The monoisotopic (exact) mass is 714 g/mol. The Morgan fingerprint density at radius 3 is 1.50 bits per heavy atom. The minimum atomic E-state index is -0.526. The summed E-state index contributed by atoms with van der Waals surface area (Å²) in [7, 11) is 0. The SMILES string of the molecule is c1ccc(-c2cccc(-c3cc(-c4ccccc4)nc(-c4cccc(-c5ccc6c(c5)C5(c7ccccc7O6)c6ccccc6-c6ccccc65)c4)n3)c2)cc1. The fourth-order valence-electron chi connectivity index (χ4n) is 8.84. The Bertz CT molecular complexity index is 2910. The Morgan fingerprint density at radius 2 is 0.786 bits per heavy atom. The summed E-state index contributed by atoms with van der Waals surface area (Å²) < 4.78 is 6.71. The molecule has 1 spiro atoms. The molecule has 3 nitrogen and oxygen atoms in total. The van der Waals surface area contributed by atoms with E-state index in [1.165, 1.54) is 27.8 Å². The smallest absolute Gasteiger partial charge is 0.160 e. The van der Waals surface area contributed by atoms with Gasteiger partial charge in [0.1, 0.15) is 11.5 Å². The highest BCUT2D eigenvalue weighted by atomic mass is 16.5. The molecular weight excluding hydrogens is 681 g/mol. The molecule has 262 valence electrons. The van der Waals surface area contributed by atoms with Crippen molar-refractivity contribution in [3.05, 3.63) is 229 Å². The lowest BCUT2D eigenvalue weighted by Crippen LogP contribution is -2.32. The number of benzene rings is 8. The van der Waals surface area contributed by atoms with Crippen LogP contribution in [0.1, 0.15) is 22.3 Å². The van der Waals surface area contributed by atoms with Crippen LogP contribution in [0.4, 0.5) is 0 Å². The predicted octanol–water partition coefficient (Wildman–Crippen LogP) is 13.3. The third-order valence-electron chi connectivity index (χ3n) is 11.4. The van der Waals surface area contributed by atoms with Gasteiger partial charge in [0, 0.05) is 27.8 Å². The molecule has 9 aromatic rings. The van der Waals surface area contributed by atoms with Crippen molar-refractivity contribution in [1.29, 1.82) is 0 Å². The van der Waals surface area contributed by atoms with E-state index in [9.17, 15) is 0 Å². The maximum absolute atomic E-state index is 6.71. The van der Waals surface area contributed by atoms with Gasteiger partial charge in [0.25, 0.3) is 0 Å². The summed E-state index contributed by atoms with van der Waals surface area (Å²) in [5.74, 6) is 2.44. The van der Waals surface area contributed by atoms with Gasteiger partial charge < -0.3 is 4.74 Å². The van der Waals surface area contributed by atoms with E-state index >= 15 is 0 Å². The molecule has 1 aliphatic heterocycles. The summed E-state index contributed by atoms with van der Waals surface area (Å²) in [6.45, 7) is 0. The number of hydrogen-bond acceptors (Lipinski definition) is 3. The van der Waals surface area contributed by atoms with Crippen molar-refractivity contribution >= 4 is 0 Å². The van der Waals surface area contributed by atoms with Crippen LogP contribution < -0.4 is 4.74 Å². The van der Waals surface area contributed by atoms with Crippen LogP contribution in [0.15, 0.2) is 206 Å². The van der Waals surface area contributed by atoms with Gasteiger partial charge in [-0.1, -0.05) is 170 Å². The zero-order valence-electron chi connectivity index (χ0n) is 30.4. The Hall–Kier alpha value is -7.36. The summed E-state index contributed by atoms with van der Waals surface area (Å²) in [6, 6.07) is 73.0. The molecule has 0 saturated heterocycles. The number of rotatable bonds is 5. The van der Waals surface area contributed by atoms with Gasteiger partial charge in [0.15, 0.2) is 5.82 Å². The predicted molar refractivity (Wildman–Crippen MR) is 227 cm³/mol. The number of ether oxygens (including phenoxy) is 1. The molecule has 3 heteroatoms. The second-order valence-corrected chi connectivity index (χ2v) is 14.5. The molecule has 0 unspecified atom stereocenters. The Labute approximate surface area is 326 Å². The molecule has 56 heavy (non-hydrogen) atoms. The van der Waals surface area contributed by atoms with E-state index in [4.69, 9.17) is 14.7 Å². The van der Waals surface area contributed by atoms with Crippen molar-refractivity contribution in [2.24, 2.45) is 0 Å². The first-order valence-electron chi connectivity index (χ1n) is 19.1. The molecule has 0 radical (unpaired) electrons. The van der Waals surface area contributed by atoms with E-state index in [0.717, 1.165) is 67.4 Å². The van der Waals surface area contributed by atoms with E-state index in [1.807, 2.05) is 12.1 Å². The van der Waals surface area contributed by atoms with Gasteiger partial charge in [-0.15, -0.1) is 0 Å². The number of aromatic nitrogens is 2. The lowest BCUT2D eigenvalue weighted by Gasteiger charge is -2.39. The molecule has 0 amide bonds. The van der Waals surface area contributed by atoms with E-state index < -0.39 is 5.41 Å².